The van der Waals surface area contributed by atoms with Crippen molar-refractivity contribution in [3.05, 3.63) is 58.4 Å². The molecule has 20 heavy (non-hydrogen) atoms. The molecule has 0 radical (unpaired) electrons. The van der Waals surface area contributed by atoms with Gasteiger partial charge in [-0.2, -0.15) is 0 Å². The van der Waals surface area contributed by atoms with Crippen LogP contribution < -0.4 is 10.5 Å². The van der Waals surface area contributed by atoms with E-state index >= 15 is 0 Å². The van der Waals surface area contributed by atoms with Crippen LogP contribution in [0.1, 0.15) is 29.8 Å². The highest BCUT2D eigenvalue weighted by Crippen LogP contribution is 2.29. The van der Waals surface area contributed by atoms with Crippen LogP contribution in [0.25, 0.3) is 0 Å². The zero-order valence-corrected chi connectivity index (χ0v) is 12.7. The molecule has 2 unspecified atom stereocenters. The molecular weight excluding hydrogens is 272 g/mol. The van der Waals surface area contributed by atoms with Crippen LogP contribution in [0, 0.1) is 13.8 Å². The third-order valence-electron chi connectivity index (χ3n) is 3.13. The maximum Gasteiger partial charge on any atom is 0.155 e. The van der Waals surface area contributed by atoms with Gasteiger partial charge in [-0.05, 0) is 56.2 Å². The Morgan fingerprint density at radius 3 is 2.35 bits per heavy atom. The first kappa shape index (κ1) is 14.8. The number of nitrogens with two attached hydrogens (primary N) is 1. The molecule has 3 nitrogen and oxygen atoms in total. The van der Waals surface area contributed by atoms with Gasteiger partial charge in [0, 0.05) is 17.3 Å². The molecule has 0 aliphatic rings. The summed E-state index contributed by atoms with van der Waals surface area (Å²) in [7, 11) is 0. The Bertz CT molecular complexity index is 561. The molecule has 1 aromatic carbocycles. The van der Waals surface area contributed by atoms with E-state index in [1.165, 1.54) is 0 Å². The van der Waals surface area contributed by atoms with Gasteiger partial charge >= 0.3 is 0 Å². The van der Waals surface area contributed by atoms with E-state index in [2.05, 4.69) is 4.98 Å². The zero-order chi connectivity index (χ0) is 14.7. The topological polar surface area (TPSA) is 48.1 Å². The smallest absolute Gasteiger partial charge is 0.155 e. The summed E-state index contributed by atoms with van der Waals surface area (Å²) in [6.45, 7) is 5.84. The molecule has 106 valence electrons. The fraction of sp³-hybridized carbons (Fsp3) is 0.312. The van der Waals surface area contributed by atoms with E-state index in [1.807, 2.05) is 51.1 Å². The summed E-state index contributed by atoms with van der Waals surface area (Å²) in [4.78, 5) is 4.33. The summed E-state index contributed by atoms with van der Waals surface area (Å²) in [6, 6.07) is 9.41. The molecule has 0 bridgehead atoms. The van der Waals surface area contributed by atoms with Crippen molar-refractivity contribution < 1.29 is 4.74 Å². The average Bonchev–Trinajstić information content (AvgIpc) is 2.42. The lowest BCUT2D eigenvalue weighted by Crippen LogP contribution is -2.29. The number of aromatic nitrogens is 1. The van der Waals surface area contributed by atoms with Crippen molar-refractivity contribution in [2.24, 2.45) is 5.73 Å². The van der Waals surface area contributed by atoms with Crippen LogP contribution in [0.2, 0.25) is 5.02 Å². The van der Waals surface area contributed by atoms with Gasteiger partial charge in [0.2, 0.25) is 0 Å². The van der Waals surface area contributed by atoms with Crippen molar-refractivity contribution in [3.8, 4) is 5.75 Å². The van der Waals surface area contributed by atoms with Gasteiger partial charge in [-0.25, -0.2) is 0 Å². The Kier molecular flexibility index (Phi) is 4.63. The van der Waals surface area contributed by atoms with E-state index in [-0.39, 0.29) is 12.1 Å². The molecule has 1 aromatic heterocycles. The molecule has 0 saturated carbocycles. The highest BCUT2D eigenvalue weighted by molar-refractivity contribution is 6.32. The third-order valence-corrected chi connectivity index (χ3v) is 3.73. The zero-order valence-electron chi connectivity index (χ0n) is 11.9. The molecule has 0 aliphatic carbocycles. The average molecular weight is 291 g/mol. The maximum atomic E-state index is 6.17. The summed E-state index contributed by atoms with van der Waals surface area (Å²) < 4.78 is 6.03. The molecule has 2 rings (SSSR count). The quantitative estimate of drug-likeness (QED) is 0.931. The van der Waals surface area contributed by atoms with Crippen LogP contribution in [0.5, 0.6) is 5.75 Å². The van der Waals surface area contributed by atoms with E-state index in [1.54, 1.807) is 6.20 Å². The third kappa shape index (κ3) is 3.30. The van der Waals surface area contributed by atoms with Crippen molar-refractivity contribution in [1.82, 2.24) is 4.98 Å². The Hall–Kier alpha value is -1.58. The minimum absolute atomic E-state index is 0.166. The van der Waals surface area contributed by atoms with Gasteiger partial charge in [0.05, 0.1) is 5.69 Å². The van der Waals surface area contributed by atoms with E-state index in [9.17, 15) is 0 Å². The number of ether oxygens (including phenoxy) is 1. The first-order valence-corrected chi connectivity index (χ1v) is 6.96. The maximum absolute atomic E-state index is 6.17. The predicted octanol–water partition coefficient (Wildman–Crippen LogP) is 3.82. The normalized spacial score (nSPS) is 13.8. The first-order valence-electron chi connectivity index (χ1n) is 6.59. The van der Waals surface area contributed by atoms with Gasteiger partial charge in [0.25, 0.3) is 0 Å². The van der Waals surface area contributed by atoms with Gasteiger partial charge in [0.1, 0.15) is 5.75 Å². The molecule has 2 N–H and O–H groups in total. The lowest BCUT2D eigenvalue weighted by atomic mass is 10.1. The van der Waals surface area contributed by atoms with E-state index in [0.717, 1.165) is 27.6 Å². The molecule has 0 fully saturated rings. The number of benzene rings is 1. The summed E-state index contributed by atoms with van der Waals surface area (Å²) in [6.07, 6.45) is 1.46. The van der Waals surface area contributed by atoms with E-state index < -0.39 is 0 Å². The number of aryl methyl sites for hydroxylation is 2. The summed E-state index contributed by atoms with van der Waals surface area (Å²) >= 11 is 6.17. The van der Waals surface area contributed by atoms with Crippen LogP contribution >= 0.6 is 11.6 Å². The van der Waals surface area contributed by atoms with Gasteiger partial charge < -0.3 is 10.5 Å². The molecule has 0 spiro atoms. The van der Waals surface area contributed by atoms with Crippen molar-refractivity contribution in [2.45, 2.75) is 32.9 Å². The molecule has 1 heterocycles. The first-order chi connectivity index (χ1) is 9.49. The van der Waals surface area contributed by atoms with Crippen LogP contribution in [-0.4, -0.2) is 11.0 Å². The van der Waals surface area contributed by atoms with Crippen molar-refractivity contribution in [2.75, 3.05) is 0 Å². The van der Waals surface area contributed by atoms with Crippen LogP contribution in [0.4, 0.5) is 0 Å². The van der Waals surface area contributed by atoms with Crippen molar-refractivity contribution in [3.63, 3.8) is 0 Å². The monoisotopic (exact) mass is 290 g/mol. The molecule has 4 heteroatoms. The summed E-state index contributed by atoms with van der Waals surface area (Å²) in [5.41, 5.74) is 8.84. The van der Waals surface area contributed by atoms with Gasteiger partial charge in [-0.3, -0.25) is 4.98 Å². The van der Waals surface area contributed by atoms with Crippen LogP contribution in [-0.2, 0) is 0 Å². The van der Waals surface area contributed by atoms with Gasteiger partial charge in [0.15, 0.2) is 6.10 Å². The van der Waals surface area contributed by atoms with Crippen LogP contribution in [0.3, 0.4) is 0 Å². The highest BCUT2D eigenvalue weighted by atomic mass is 35.5. The number of hydrogen-bond donors (Lipinski definition) is 1. The SMILES string of the molecule is Cc1cc(OC(c2ccccn2)C(C)N)cc(C)c1Cl. The largest absolute Gasteiger partial charge is 0.482 e. The minimum atomic E-state index is -0.281. The molecule has 0 saturated heterocycles. The Morgan fingerprint density at radius 2 is 1.85 bits per heavy atom. The number of pyridine rings is 1. The van der Waals surface area contributed by atoms with Gasteiger partial charge in [-0.15, -0.1) is 0 Å². The molecule has 0 amide bonds. The molecule has 2 atom stereocenters. The number of rotatable bonds is 4. The van der Waals surface area contributed by atoms with E-state index in [0.29, 0.717) is 0 Å². The van der Waals surface area contributed by atoms with Gasteiger partial charge in [-0.1, -0.05) is 17.7 Å². The Balaban J connectivity index is 2.30. The molecule has 0 aliphatic heterocycles. The second kappa shape index (κ2) is 6.25. The van der Waals surface area contributed by atoms with Crippen molar-refractivity contribution in [1.29, 1.82) is 0 Å². The Morgan fingerprint density at radius 1 is 1.20 bits per heavy atom. The summed E-state index contributed by atoms with van der Waals surface area (Å²) in [5.74, 6) is 0.761. The second-order valence-corrected chi connectivity index (χ2v) is 5.40. The Labute approximate surface area is 124 Å². The summed E-state index contributed by atoms with van der Waals surface area (Å²) in [5, 5.41) is 0.771. The number of halogens is 1. The van der Waals surface area contributed by atoms with Crippen LogP contribution in [0.15, 0.2) is 36.5 Å². The lowest BCUT2D eigenvalue weighted by molar-refractivity contribution is 0.175. The lowest BCUT2D eigenvalue weighted by Gasteiger charge is -2.22. The predicted molar refractivity (Wildman–Crippen MR) is 82.2 cm³/mol. The highest BCUT2D eigenvalue weighted by Gasteiger charge is 2.20. The number of hydrogen-bond acceptors (Lipinski definition) is 3. The minimum Gasteiger partial charge on any atom is -0.482 e. The standard InChI is InChI=1S/C16H19ClN2O/c1-10-8-13(9-11(2)15(10)17)20-16(12(3)18)14-6-4-5-7-19-14/h4-9,12,16H,18H2,1-3H3. The van der Waals surface area contributed by atoms with E-state index in [4.69, 9.17) is 22.1 Å². The molecular formula is C16H19ClN2O. The molecule has 2 aromatic rings. The fourth-order valence-electron chi connectivity index (χ4n) is 2.10. The second-order valence-electron chi connectivity index (χ2n) is 5.02. The van der Waals surface area contributed by atoms with Crippen molar-refractivity contribution >= 4 is 11.6 Å². The number of nitrogens with zero attached hydrogens (tertiary/aromatic N) is 1. The fourth-order valence-corrected chi connectivity index (χ4v) is 2.21.